The zero-order valence-corrected chi connectivity index (χ0v) is 13.3. The summed E-state index contributed by atoms with van der Waals surface area (Å²) in [4.78, 5) is 0. The van der Waals surface area contributed by atoms with Crippen LogP contribution in [0.15, 0.2) is 0 Å². The number of alkyl halides is 6. The van der Waals surface area contributed by atoms with Gasteiger partial charge in [-0.15, -0.1) is 0 Å². The highest BCUT2D eigenvalue weighted by atomic mass is 19.4. The average molecular weight is 334 g/mol. The Kier molecular flexibility index (Phi) is 11.0. The Morgan fingerprint density at radius 1 is 0.591 bits per heavy atom. The molecule has 0 aliphatic heterocycles. The van der Waals surface area contributed by atoms with Crippen molar-refractivity contribution < 1.29 is 26.3 Å². The smallest absolute Gasteiger partial charge is 0.171 e. The number of hydrogen-bond acceptors (Lipinski definition) is 0. The molecule has 0 aliphatic rings. The van der Waals surface area contributed by atoms with Gasteiger partial charge in [0.25, 0.3) is 0 Å². The van der Waals surface area contributed by atoms with E-state index >= 15 is 0 Å². The predicted octanol–water partition coefficient (Wildman–Crippen LogP) is 7.43. The number of halogens is 6. The fraction of sp³-hybridized carbons (Fsp3) is 1.00. The van der Waals surface area contributed by atoms with E-state index in [-0.39, 0.29) is 12.8 Å². The van der Waals surface area contributed by atoms with Crippen LogP contribution in [0, 0.1) is 5.92 Å². The first-order valence-corrected chi connectivity index (χ1v) is 8.27. The van der Waals surface area contributed by atoms with Gasteiger partial charge in [-0.2, -0.15) is 26.3 Å². The zero-order valence-electron chi connectivity index (χ0n) is 13.3. The van der Waals surface area contributed by atoms with Crippen molar-refractivity contribution in [2.24, 2.45) is 5.92 Å². The quantitative estimate of drug-likeness (QED) is 0.257. The van der Waals surface area contributed by atoms with Crippen LogP contribution in [0.3, 0.4) is 0 Å². The molecule has 0 saturated carbocycles. The fourth-order valence-corrected chi connectivity index (χ4v) is 2.56. The molecule has 0 amide bonds. The molecule has 6 heteroatoms. The van der Waals surface area contributed by atoms with Crippen LogP contribution < -0.4 is 0 Å². The lowest BCUT2D eigenvalue weighted by Gasteiger charge is -2.18. The Labute approximate surface area is 129 Å². The largest absolute Gasteiger partial charge is 0.389 e. The number of hydrogen-bond donors (Lipinski definition) is 0. The van der Waals surface area contributed by atoms with Gasteiger partial charge in [0.1, 0.15) is 0 Å². The maximum absolute atomic E-state index is 12.2. The highest BCUT2D eigenvalue weighted by Gasteiger charge is 2.31. The molecule has 0 heterocycles. The molecule has 0 rings (SSSR count). The molecular weight excluding hydrogens is 306 g/mol. The summed E-state index contributed by atoms with van der Waals surface area (Å²) in [5, 5.41) is 0. The second kappa shape index (κ2) is 11.2. The predicted molar refractivity (Wildman–Crippen MR) is 76.7 cm³/mol. The minimum absolute atomic E-state index is 0.185. The summed E-state index contributed by atoms with van der Waals surface area (Å²) in [6, 6.07) is 0. The summed E-state index contributed by atoms with van der Waals surface area (Å²) < 4.78 is 73.4. The lowest BCUT2D eigenvalue weighted by Crippen LogP contribution is -2.14. The molecule has 0 bridgehead atoms. The zero-order chi connectivity index (χ0) is 17.1. The average Bonchev–Trinajstić information content (AvgIpc) is 2.37. The highest BCUT2D eigenvalue weighted by Crippen LogP contribution is 2.32. The SMILES string of the molecule is CCCCCCCCCC(CCC(F)(F)F)CCC(F)(F)F. The molecule has 0 saturated heterocycles. The molecule has 22 heavy (non-hydrogen) atoms. The van der Waals surface area contributed by atoms with Crippen LogP contribution in [0.1, 0.15) is 84.0 Å². The van der Waals surface area contributed by atoms with Gasteiger partial charge >= 0.3 is 12.4 Å². The maximum Gasteiger partial charge on any atom is 0.389 e. The fourth-order valence-electron chi connectivity index (χ4n) is 2.56. The summed E-state index contributed by atoms with van der Waals surface area (Å²) in [7, 11) is 0. The van der Waals surface area contributed by atoms with Gasteiger partial charge in [-0.3, -0.25) is 0 Å². The van der Waals surface area contributed by atoms with Crippen molar-refractivity contribution in [3.8, 4) is 0 Å². The highest BCUT2D eigenvalue weighted by molar-refractivity contribution is 4.66. The third-order valence-electron chi connectivity index (χ3n) is 3.89. The van der Waals surface area contributed by atoms with Gasteiger partial charge in [-0.05, 0) is 18.8 Å². The standard InChI is InChI=1S/C16H28F6/c1-2-3-4-5-6-7-8-9-14(10-12-15(17,18)19)11-13-16(20,21)22/h14H,2-13H2,1H3. The van der Waals surface area contributed by atoms with E-state index in [4.69, 9.17) is 0 Å². The molecule has 0 nitrogen and oxygen atoms in total. The van der Waals surface area contributed by atoms with E-state index in [1.807, 2.05) is 0 Å². The van der Waals surface area contributed by atoms with Crippen LogP contribution in [-0.4, -0.2) is 12.4 Å². The van der Waals surface area contributed by atoms with Crippen molar-refractivity contribution >= 4 is 0 Å². The van der Waals surface area contributed by atoms with Crippen molar-refractivity contribution in [1.82, 2.24) is 0 Å². The minimum atomic E-state index is -4.28. The van der Waals surface area contributed by atoms with Crippen LogP contribution in [0.25, 0.3) is 0 Å². The monoisotopic (exact) mass is 334 g/mol. The molecule has 0 unspecified atom stereocenters. The second-order valence-electron chi connectivity index (χ2n) is 6.08. The Morgan fingerprint density at radius 3 is 1.41 bits per heavy atom. The van der Waals surface area contributed by atoms with E-state index in [9.17, 15) is 26.3 Å². The van der Waals surface area contributed by atoms with Gasteiger partial charge < -0.3 is 0 Å². The Balaban J connectivity index is 3.96. The number of rotatable bonds is 12. The van der Waals surface area contributed by atoms with Crippen LogP contribution >= 0.6 is 0 Å². The van der Waals surface area contributed by atoms with Crippen molar-refractivity contribution in [3.05, 3.63) is 0 Å². The van der Waals surface area contributed by atoms with Gasteiger partial charge in [0.15, 0.2) is 0 Å². The van der Waals surface area contributed by atoms with Crippen LogP contribution in [-0.2, 0) is 0 Å². The van der Waals surface area contributed by atoms with Crippen LogP contribution in [0.5, 0.6) is 0 Å². The van der Waals surface area contributed by atoms with E-state index in [0.717, 1.165) is 38.5 Å². The molecule has 0 radical (unpaired) electrons. The number of unbranched alkanes of at least 4 members (excludes halogenated alkanes) is 6. The van der Waals surface area contributed by atoms with E-state index in [1.54, 1.807) is 0 Å². The summed E-state index contributed by atoms with van der Waals surface area (Å²) in [5.74, 6) is -0.473. The molecular formula is C16H28F6. The topological polar surface area (TPSA) is 0 Å². The van der Waals surface area contributed by atoms with Crippen LogP contribution in [0.2, 0.25) is 0 Å². The van der Waals surface area contributed by atoms with Crippen molar-refractivity contribution in [3.63, 3.8) is 0 Å². The summed E-state index contributed by atoms with van der Waals surface area (Å²) in [5.41, 5.74) is 0. The van der Waals surface area contributed by atoms with Gasteiger partial charge in [0.05, 0.1) is 0 Å². The van der Waals surface area contributed by atoms with Crippen LogP contribution in [0.4, 0.5) is 26.3 Å². The molecule has 134 valence electrons. The van der Waals surface area contributed by atoms with Gasteiger partial charge in [0.2, 0.25) is 0 Å². The maximum atomic E-state index is 12.2. The lowest BCUT2D eigenvalue weighted by atomic mass is 9.91. The van der Waals surface area contributed by atoms with Crippen molar-refractivity contribution in [2.75, 3.05) is 0 Å². The minimum Gasteiger partial charge on any atom is -0.171 e. The molecule has 0 aliphatic carbocycles. The summed E-state index contributed by atoms with van der Waals surface area (Å²) in [6.45, 7) is 2.12. The van der Waals surface area contributed by atoms with Crippen molar-refractivity contribution in [1.29, 1.82) is 0 Å². The molecule has 0 spiro atoms. The second-order valence-corrected chi connectivity index (χ2v) is 6.08. The Bertz CT molecular complexity index is 238. The van der Waals surface area contributed by atoms with Gasteiger partial charge in [0, 0.05) is 12.8 Å². The van der Waals surface area contributed by atoms with E-state index < -0.39 is 31.1 Å². The van der Waals surface area contributed by atoms with E-state index in [1.165, 1.54) is 6.42 Å². The van der Waals surface area contributed by atoms with Crippen molar-refractivity contribution in [2.45, 2.75) is 96.3 Å². The first kappa shape index (κ1) is 21.6. The molecule has 0 fully saturated rings. The Morgan fingerprint density at radius 2 is 1.00 bits per heavy atom. The molecule has 0 atom stereocenters. The third-order valence-corrected chi connectivity index (χ3v) is 3.89. The Hall–Kier alpha value is -0.420. The first-order valence-electron chi connectivity index (χ1n) is 8.27. The first-order chi connectivity index (χ1) is 10.1. The lowest BCUT2D eigenvalue weighted by molar-refractivity contribution is -0.143. The molecule has 0 aromatic heterocycles. The normalized spacial score (nSPS) is 13.1. The summed E-state index contributed by atoms with van der Waals surface area (Å²) in [6.07, 6.45) is -3.19. The molecule has 0 N–H and O–H groups in total. The van der Waals surface area contributed by atoms with E-state index in [2.05, 4.69) is 6.92 Å². The summed E-state index contributed by atoms with van der Waals surface area (Å²) >= 11 is 0. The molecule has 0 aromatic carbocycles. The van der Waals surface area contributed by atoms with E-state index in [0.29, 0.717) is 6.42 Å². The molecule has 0 aromatic rings. The van der Waals surface area contributed by atoms with Gasteiger partial charge in [-0.1, -0.05) is 58.3 Å². The third kappa shape index (κ3) is 16.0. The van der Waals surface area contributed by atoms with Gasteiger partial charge in [-0.25, -0.2) is 0 Å².